The summed E-state index contributed by atoms with van der Waals surface area (Å²) in [5.74, 6) is -0.245. The lowest BCUT2D eigenvalue weighted by atomic mass is 10.2. The van der Waals surface area contributed by atoms with Gasteiger partial charge in [-0.3, -0.25) is 0 Å². The summed E-state index contributed by atoms with van der Waals surface area (Å²) in [6.07, 6.45) is -0.309. The third-order valence-corrected chi connectivity index (χ3v) is 3.48. The van der Waals surface area contributed by atoms with E-state index in [2.05, 4.69) is 14.7 Å². The number of methoxy groups -OCH3 is 2. The summed E-state index contributed by atoms with van der Waals surface area (Å²) in [7, 11) is 2.75. The van der Waals surface area contributed by atoms with E-state index in [9.17, 15) is 17.6 Å². The summed E-state index contributed by atoms with van der Waals surface area (Å²) in [6.45, 7) is 1.94. The minimum Gasteiger partial charge on any atom is -0.496 e. The van der Waals surface area contributed by atoms with Gasteiger partial charge in [0.15, 0.2) is 0 Å². The molecule has 0 atom stereocenters. The van der Waals surface area contributed by atoms with Crippen LogP contribution in [-0.4, -0.2) is 24.2 Å². The van der Waals surface area contributed by atoms with Crippen LogP contribution in [-0.2, 0) is 12.6 Å². The maximum Gasteiger partial charge on any atom is 0.419 e. The molecule has 0 amide bonds. The number of aryl methyl sites for hydroxylation is 1. The van der Waals surface area contributed by atoms with E-state index in [1.807, 2.05) is 13.0 Å². The lowest BCUT2D eigenvalue weighted by Crippen LogP contribution is -2.06. The zero-order valence-corrected chi connectivity index (χ0v) is 16.3. The number of aromatic nitrogens is 2. The predicted molar refractivity (Wildman–Crippen MR) is 102 cm³/mol. The number of para-hydroxylation sites is 1. The summed E-state index contributed by atoms with van der Waals surface area (Å²) in [4.78, 5) is 7.53. The van der Waals surface area contributed by atoms with E-state index in [1.165, 1.54) is 38.5 Å². The van der Waals surface area contributed by atoms with Gasteiger partial charge in [-0.05, 0) is 36.2 Å². The van der Waals surface area contributed by atoms with Crippen molar-refractivity contribution in [1.82, 2.24) is 9.97 Å². The molecule has 2 aromatic carbocycles. The Balaban J connectivity index is 0.000000223. The molecule has 156 valence electrons. The second-order valence-corrected chi connectivity index (χ2v) is 5.38. The summed E-state index contributed by atoms with van der Waals surface area (Å²) >= 11 is 0. The van der Waals surface area contributed by atoms with Crippen LogP contribution >= 0.6 is 0 Å². The molecule has 3 aromatic rings. The molecule has 1 heterocycles. The highest BCUT2D eigenvalue weighted by Gasteiger charge is 2.33. The number of hydrogen-bond donors (Lipinski definition) is 0. The number of hydrogen-bond acceptors (Lipinski definition) is 4. The third-order valence-electron chi connectivity index (χ3n) is 3.48. The van der Waals surface area contributed by atoms with Crippen molar-refractivity contribution in [2.75, 3.05) is 14.2 Å². The van der Waals surface area contributed by atoms with Crippen LogP contribution in [0.2, 0.25) is 0 Å². The molecule has 0 fully saturated rings. The van der Waals surface area contributed by atoms with Gasteiger partial charge in [0.05, 0.1) is 19.8 Å². The van der Waals surface area contributed by atoms with E-state index in [1.54, 1.807) is 30.6 Å². The monoisotopic (exact) mass is 410 g/mol. The van der Waals surface area contributed by atoms with Gasteiger partial charge in [-0.15, -0.1) is 0 Å². The van der Waals surface area contributed by atoms with Gasteiger partial charge >= 0.3 is 12.2 Å². The third kappa shape index (κ3) is 8.59. The summed E-state index contributed by atoms with van der Waals surface area (Å²) < 4.78 is 58.3. The molecule has 3 rings (SSSR count). The summed E-state index contributed by atoms with van der Waals surface area (Å²) in [5, 5.41) is 0. The average molecular weight is 410 g/mol. The zero-order valence-electron chi connectivity index (χ0n) is 16.3. The molecule has 0 aliphatic carbocycles. The van der Waals surface area contributed by atoms with E-state index in [4.69, 9.17) is 4.74 Å². The van der Waals surface area contributed by atoms with Crippen molar-refractivity contribution in [3.05, 3.63) is 83.9 Å². The predicted octanol–water partition coefficient (Wildman–Crippen LogP) is 5.59. The van der Waals surface area contributed by atoms with Gasteiger partial charge in [-0.2, -0.15) is 13.2 Å². The lowest BCUT2D eigenvalue weighted by molar-refractivity contribution is -0.138. The Bertz CT molecular complexity index is 843. The van der Waals surface area contributed by atoms with Crippen LogP contribution in [0.5, 0.6) is 11.8 Å². The van der Waals surface area contributed by atoms with Gasteiger partial charge < -0.3 is 9.47 Å². The molecule has 0 aliphatic rings. The largest absolute Gasteiger partial charge is 0.496 e. The van der Waals surface area contributed by atoms with Gasteiger partial charge in [-0.25, -0.2) is 14.4 Å². The van der Waals surface area contributed by atoms with Crippen LogP contribution in [0.3, 0.4) is 0 Å². The standard InChI is InChI=1S/C8H7F3O.C8H9F.C5H6N2O/c1-12-7-5-3-2-4-6(7)8(9,10)11;1-2-7-5-3-4-6-8(7)9;1-8-5-6-3-2-4-7-5/h2-5H,1H3;3-6H,2H2,1H3;2-4H,1H3. The fraction of sp³-hybridized carbons (Fsp3) is 0.238. The van der Waals surface area contributed by atoms with Crippen LogP contribution in [0.1, 0.15) is 18.1 Å². The Morgan fingerprint density at radius 2 is 1.41 bits per heavy atom. The molecule has 8 heteroatoms. The van der Waals surface area contributed by atoms with Crippen LogP contribution in [0.15, 0.2) is 67.0 Å². The number of ether oxygens (including phenoxy) is 2. The Morgan fingerprint density at radius 3 is 1.83 bits per heavy atom. The molecule has 4 nitrogen and oxygen atoms in total. The molecule has 0 bridgehead atoms. The molecular weight excluding hydrogens is 388 g/mol. The fourth-order valence-electron chi connectivity index (χ4n) is 2.05. The Labute approximate surface area is 167 Å². The van der Waals surface area contributed by atoms with Gasteiger partial charge in [0, 0.05) is 12.4 Å². The van der Waals surface area contributed by atoms with E-state index < -0.39 is 11.7 Å². The van der Waals surface area contributed by atoms with Crippen molar-refractivity contribution < 1.29 is 27.0 Å². The normalized spacial score (nSPS) is 10.0. The zero-order chi connectivity index (χ0) is 21.7. The van der Waals surface area contributed by atoms with E-state index >= 15 is 0 Å². The van der Waals surface area contributed by atoms with Crippen LogP contribution < -0.4 is 9.47 Å². The smallest absolute Gasteiger partial charge is 0.419 e. The topological polar surface area (TPSA) is 44.2 Å². The Morgan fingerprint density at radius 1 is 0.828 bits per heavy atom. The highest BCUT2D eigenvalue weighted by Crippen LogP contribution is 2.35. The van der Waals surface area contributed by atoms with E-state index in [0.717, 1.165) is 18.1 Å². The lowest BCUT2D eigenvalue weighted by Gasteiger charge is -2.10. The molecule has 0 saturated heterocycles. The van der Waals surface area contributed by atoms with Crippen molar-refractivity contribution in [3.63, 3.8) is 0 Å². The molecule has 0 spiro atoms. The highest BCUT2D eigenvalue weighted by molar-refractivity contribution is 5.35. The quantitative estimate of drug-likeness (QED) is 0.528. The first-order valence-electron chi connectivity index (χ1n) is 8.58. The van der Waals surface area contributed by atoms with Crippen molar-refractivity contribution >= 4 is 0 Å². The van der Waals surface area contributed by atoms with Crippen LogP contribution in [0.25, 0.3) is 0 Å². The second-order valence-electron chi connectivity index (χ2n) is 5.38. The van der Waals surface area contributed by atoms with Crippen molar-refractivity contribution in [2.24, 2.45) is 0 Å². The Kier molecular flexibility index (Phi) is 10.2. The highest BCUT2D eigenvalue weighted by atomic mass is 19.4. The minimum atomic E-state index is -4.34. The van der Waals surface area contributed by atoms with Gasteiger partial charge in [0.25, 0.3) is 0 Å². The van der Waals surface area contributed by atoms with E-state index in [0.29, 0.717) is 6.01 Å². The molecule has 1 aromatic heterocycles. The molecule has 0 aliphatic heterocycles. The number of benzene rings is 2. The average Bonchev–Trinajstić information content (AvgIpc) is 2.75. The molecule has 0 N–H and O–H groups in total. The molecule has 29 heavy (non-hydrogen) atoms. The first-order chi connectivity index (χ1) is 13.8. The maximum atomic E-state index is 12.6. The number of nitrogens with zero attached hydrogens (tertiary/aromatic N) is 2. The van der Waals surface area contributed by atoms with Gasteiger partial charge in [-0.1, -0.05) is 37.3 Å². The number of rotatable bonds is 3. The van der Waals surface area contributed by atoms with Gasteiger partial charge in [0.1, 0.15) is 11.6 Å². The van der Waals surface area contributed by atoms with Crippen LogP contribution in [0, 0.1) is 5.82 Å². The van der Waals surface area contributed by atoms with E-state index in [-0.39, 0.29) is 11.6 Å². The molecule has 0 saturated carbocycles. The van der Waals surface area contributed by atoms with Crippen molar-refractivity contribution in [3.8, 4) is 11.8 Å². The summed E-state index contributed by atoms with van der Waals surface area (Å²) in [5.41, 5.74) is 0.0463. The van der Waals surface area contributed by atoms with Crippen molar-refractivity contribution in [1.29, 1.82) is 0 Å². The summed E-state index contributed by atoms with van der Waals surface area (Å²) in [6, 6.07) is 14.1. The SMILES string of the molecule is CCc1ccccc1F.COc1ccccc1C(F)(F)F.COc1ncccn1. The fourth-order valence-corrected chi connectivity index (χ4v) is 2.05. The first kappa shape index (κ1) is 23.9. The number of alkyl halides is 3. The molecule has 0 radical (unpaired) electrons. The second kappa shape index (κ2) is 12.3. The van der Waals surface area contributed by atoms with Crippen molar-refractivity contribution in [2.45, 2.75) is 19.5 Å². The Hall–Kier alpha value is -3.16. The molecular formula is C21H22F4N2O2. The minimum absolute atomic E-state index is 0.0972. The number of halogens is 4. The maximum absolute atomic E-state index is 12.6. The molecule has 0 unspecified atom stereocenters. The van der Waals surface area contributed by atoms with Crippen LogP contribution in [0.4, 0.5) is 17.6 Å². The first-order valence-corrected chi connectivity index (χ1v) is 8.58. The van der Waals surface area contributed by atoms with Gasteiger partial charge in [0.2, 0.25) is 0 Å².